The third kappa shape index (κ3) is 2.32. The first kappa shape index (κ1) is 9.65. The van der Waals surface area contributed by atoms with Crippen molar-refractivity contribution in [3.05, 3.63) is 63.5 Å². The van der Waals surface area contributed by atoms with Crippen molar-refractivity contribution in [1.29, 1.82) is 0 Å². The number of aromatic nitrogens is 1. The lowest BCUT2D eigenvalue weighted by atomic mass is 10.1. The molecule has 0 amide bonds. The van der Waals surface area contributed by atoms with E-state index in [4.69, 9.17) is 0 Å². The van der Waals surface area contributed by atoms with E-state index in [-0.39, 0.29) is 0 Å². The molecule has 1 nitrogen and oxygen atoms in total. The van der Waals surface area contributed by atoms with Crippen molar-refractivity contribution in [2.45, 2.75) is 6.42 Å². The Morgan fingerprint density at radius 1 is 1.00 bits per heavy atom. The molecular formula is C12H10IN. The van der Waals surface area contributed by atoms with Crippen LogP contribution in [0.1, 0.15) is 11.1 Å². The molecule has 1 aromatic carbocycles. The van der Waals surface area contributed by atoms with Crippen LogP contribution in [-0.4, -0.2) is 4.98 Å². The molecule has 0 bridgehead atoms. The summed E-state index contributed by atoms with van der Waals surface area (Å²) in [5.74, 6) is 0. The van der Waals surface area contributed by atoms with Gasteiger partial charge in [0.25, 0.3) is 0 Å². The Kier molecular flexibility index (Phi) is 3.14. The molecule has 70 valence electrons. The lowest BCUT2D eigenvalue weighted by molar-refractivity contribution is 1.15. The van der Waals surface area contributed by atoms with Crippen LogP contribution in [0.25, 0.3) is 0 Å². The van der Waals surface area contributed by atoms with Crippen LogP contribution in [0.2, 0.25) is 0 Å². The molecule has 0 atom stereocenters. The SMILES string of the molecule is Ic1ccccc1Cc1ccncc1. The molecule has 1 heterocycles. The molecule has 0 aliphatic carbocycles. The van der Waals surface area contributed by atoms with E-state index in [1.807, 2.05) is 12.4 Å². The van der Waals surface area contributed by atoms with Gasteiger partial charge < -0.3 is 0 Å². The fraction of sp³-hybridized carbons (Fsp3) is 0.0833. The number of nitrogens with zero attached hydrogens (tertiary/aromatic N) is 1. The molecule has 1 aromatic heterocycles. The number of hydrogen-bond donors (Lipinski definition) is 0. The Morgan fingerprint density at radius 3 is 2.43 bits per heavy atom. The minimum atomic E-state index is 0.988. The van der Waals surface area contributed by atoms with Crippen LogP contribution in [0.15, 0.2) is 48.8 Å². The lowest BCUT2D eigenvalue weighted by Gasteiger charge is -2.03. The molecular weight excluding hydrogens is 285 g/mol. The summed E-state index contributed by atoms with van der Waals surface area (Å²) < 4.78 is 1.32. The van der Waals surface area contributed by atoms with E-state index in [0.29, 0.717) is 0 Å². The molecule has 0 spiro atoms. The van der Waals surface area contributed by atoms with Crippen LogP contribution in [0.3, 0.4) is 0 Å². The highest BCUT2D eigenvalue weighted by Gasteiger charge is 1.99. The van der Waals surface area contributed by atoms with E-state index in [1.54, 1.807) is 0 Å². The molecule has 0 N–H and O–H groups in total. The number of benzene rings is 1. The smallest absolute Gasteiger partial charge is 0.0270 e. The normalized spacial score (nSPS) is 10.1. The van der Waals surface area contributed by atoms with Crippen LogP contribution in [-0.2, 0) is 6.42 Å². The van der Waals surface area contributed by atoms with E-state index in [2.05, 4.69) is 64.0 Å². The van der Waals surface area contributed by atoms with E-state index in [0.717, 1.165) is 6.42 Å². The minimum Gasteiger partial charge on any atom is -0.265 e. The van der Waals surface area contributed by atoms with Gasteiger partial charge in [-0.05, 0) is 58.3 Å². The maximum absolute atomic E-state index is 4.01. The molecule has 0 saturated heterocycles. The monoisotopic (exact) mass is 295 g/mol. The third-order valence-corrected chi connectivity index (χ3v) is 3.15. The summed E-state index contributed by atoms with van der Waals surface area (Å²) in [6, 6.07) is 12.6. The van der Waals surface area contributed by atoms with Gasteiger partial charge in [0.2, 0.25) is 0 Å². The van der Waals surface area contributed by atoms with Gasteiger partial charge in [-0.3, -0.25) is 4.98 Å². The Balaban J connectivity index is 2.24. The molecule has 0 aliphatic heterocycles. The predicted molar refractivity (Wildman–Crippen MR) is 66.2 cm³/mol. The molecule has 2 heteroatoms. The summed E-state index contributed by atoms with van der Waals surface area (Å²) in [6.07, 6.45) is 4.66. The molecule has 0 fully saturated rings. The van der Waals surface area contributed by atoms with Gasteiger partial charge in [0.1, 0.15) is 0 Å². The van der Waals surface area contributed by atoms with Crippen molar-refractivity contribution >= 4 is 22.6 Å². The predicted octanol–water partition coefficient (Wildman–Crippen LogP) is 3.28. The van der Waals surface area contributed by atoms with Crippen molar-refractivity contribution in [3.63, 3.8) is 0 Å². The first-order valence-electron chi connectivity index (χ1n) is 4.48. The van der Waals surface area contributed by atoms with Crippen molar-refractivity contribution in [1.82, 2.24) is 4.98 Å². The Labute approximate surface area is 97.3 Å². The summed E-state index contributed by atoms with van der Waals surface area (Å²) in [6.45, 7) is 0. The summed E-state index contributed by atoms with van der Waals surface area (Å²) in [5.41, 5.74) is 2.68. The van der Waals surface area contributed by atoms with Gasteiger partial charge in [-0.1, -0.05) is 18.2 Å². The highest BCUT2D eigenvalue weighted by atomic mass is 127. The largest absolute Gasteiger partial charge is 0.265 e. The summed E-state index contributed by atoms with van der Waals surface area (Å²) in [7, 11) is 0. The van der Waals surface area contributed by atoms with E-state index in [1.165, 1.54) is 14.7 Å². The van der Waals surface area contributed by atoms with Crippen LogP contribution < -0.4 is 0 Å². The number of hydrogen-bond acceptors (Lipinski definition) is 1. The van der Waals surface area contributed by atoms with Crippen molar-refractivity contribution in [2.75, 3.05) is 0 Å². The average Bonchev–Trinajstić information content (AvgIpc) is 2.23. The molecule has 0 radical (unpaired) electrons. The maximum atomic E-state index is 4.01. The maximum Gasteiger partial charge on any atom is 0.0270 e. The fourth-order valence-electron chi connectivity index (χ4n) is 1.36. The minimum absolute atomic E-state index is 0.988. The van der Waals surface area contributed by atoms with Gasteiger partial charge in [-0.15, -0.1) is 0 Å². The van der Waals surface area contributed by atoms with Gasteiger partial charge in [0.15, 0.2) is 0 Å². The molecule has 0 aliphatic rings. The second-order valence-electron chi connectivity index (χ2n) is 3.12. The highest BCUT2D eigenvalue weighted by molar-refractivity contribution is 14.1. The Bertz CT molecular complexity index is 412. The molecule has 14 heavy (non-hydrogen) atoms. The zero-order chi connectivity index (χ0) is 9.80. The van der Waals surface area contributed by atoms with Crippen LogP contribution in [0.4, 0.5) is 0 Å². The number of rotatable bonds is 2. The quantitative estimate of drug-likeness (QED) is 0.775. The van der Waals surface area contributed by atoms with E-state index >= 15 is 0 Å². The third-order valence-electron chi connectivity index (χ3n) is 2.10. The lowest BCUT2D eigenvalue weighted by Crippen LogP contribution is -1.90. The van der Waals surface area contributed by atoms with Crippen LogP contribution in [0.5, 0.6) is 0 Å². The van der Waals surface area contributed by atoms with Crippen molar-refractivity contribution in [2.24, 2.45) is 0 Å². The van der Waals surface area contributed by atoms with Gasteiger partial charge >= 0.3 is 0 Å². The highest BCUT2D eigenvalue weighted by Crippen LogP contribution is 2.15. The fourth-order valence-corrected chi connectivity index (χ4v) is 1.94. The first-order valence-corrected chi connectivity index (χ1v) is 5.56. The molecule has 2 aromatic rings. The second-order valence-corrected chi connectivity index (χ2v) is 4.29. The average molecular weight is 295 g/mol. The zero-order valence-electron chi connectivity index (χ0n) is 7.65. The van der Waals surface area contributed by atoms with Crippen molar-refractivity contribution in [3.8, 4) is 0 Å². The number of halogens is 1. The molecule has 0 unspecified atom stereocenters. The molecule has 2 rings (SSSR count). The van der Waals surface area contributed by atoms with Gasteiger partial charge in [-0.25, -0.2) is 0 Å². The Morgan fingerprint density at radius 2 is 1.71 bits per heavy atom. The second kappa shape index (κ2) is 4.55. The van der Waals surface area contributed by atoms with Crippen LogP contribution >= 0.6 is 22.6 Å². The zero-order valence-corrected chi connectivity index (χ0v) is 9.81. The topological polar surface area (TPSA) is 12.9 Å². The summed E-state index contributed by atoms with van der Waals surface area (Å²) >= 11 is 2.37. The Hall–Kier alpha value is -0.900. The summed E-state index contributed by atoms with van der Waals surface area (Å²) in [5, 5.41) is 0. The van der Waals surface area contributed by atoms with Gasteiger partial charge in [0, 0.05) is 16.0 Å². The summed E-state index contributed by atoms with van der Waals surface area (Å²) in [4.78, 5) is 4.01. The molecule has 0 saturated carbocycles. The van der Waals surface area contributed by atoms with Crippen LogP contribution in [0, 0.1) is 3.57 Å². The van der Waals surface area contributed by atoms with E-state index < -0.39 is 0 Å². The standard InChI is InChI=1S/C12H10IN/c13-12-4-2-1-3-11(12)9-10-5-7-14-8-6-10/h1-8H,9H2. The van der Waals surface area contributed by atoms with E-state index in [9.17, 15) is 0 Å². The number of pyridine rings is 1. The van der Waals surface area contributed by atoms with Crippen molar-refractivity contribution < 1.29 is 0 Å². The van der Waals surface area contributed by atoms with Gasteiger partial charge in [0.05, 0.1) is 0 Å². The van der Waals surface area contributed by atoms with Gasteiger partial charge in [-0.2, -0.15) is 0 Å². The first-order chi connectivity index (χ1) is 6.86.